The maximum Gasteiger partial charge on any atom is 0.179 e. The van der Waals surface area contributed by atoms with Crippen LogP contribution in [0.3, 0.4) is 0 Å². The van der Waals surface area contributed by atoms with E-state index in [1.807, 2.05) is 0 Å². The number of hydrogen-bond donors (Lipinski definition) is 0. The van der Waals surface area contributed by atoms with Gasteiger partial charge >= 0.3 is 0 Å². The number of carbonyl (C=O) groups is 1. The van der Waals surface area contributed by atoms with Gasteiger partial charge in [0.05, 0.1) is 12.1 Å². The van der Waals surface area contributed by atoms with Crippen molar-refractivity contribution in [3.8, 4) is 0 Å². The minimum absolute atomic E-state index is 0.135. The van der Waals surface area contributed by atoms with E-state index in [9.17, 15) is 9.18 Å². The molecule has 0 bridgehead atoms. The number of likely N-dealkylation sites (N-methyl/N-ethyl adjacent to an activating group) is 1. The summed E-state index contributed by atoms with van der Waals surface area (Å²) in [5, 5.41) is 0. The summed E-state index contributed by atoms with van der Waals surface area (Å²) < 4.78 is 13.5. The molecule has 0 aromatic heterocycles. The molecule has 1 fully saturated rings. The van der Waals surface area contributed by atoms with Crippen LogP contribution in [0.2, 0.25) is 0 Å². The Morgan fingerprint density at radius 2 is 2.05 bits per heavy atom. The van der Waals surface area contributed by atoms with Crippen molar-refractivity contribution in [1.29, 1.82) is 0 Å². The molecular formula is C15H21FN2O. The van der Waals surface area contributed by atoms with Gasteiger partial charge < -0.3 is 4.90 Å². The minimum Gasteiger partial charge on any atom is -0.305 e. The molecule has 4 heteroatoms. The Morgan fingerprint density at radius 3 is 2.63 bits per heavy atom. The Balaban J connectivity index is 2.00. The summed E-state index contributed by atoms with van der Waals surface area (Å²) in [6, 6.07) is 6.66. The van der Waals surface area contributed by atoms with Crippen molar-refractivity contribution in [1.82, 2.24) is 9.80 Å². The van der Waals surface area contributed by atoms with Crippen LogP contribution in [0, 0.1) is 11.7 Å². The van der Waals surface area contributed by atoms with Gasteiger partial charge in [0.15, 0.2) is 5.78 Å². The summed E-state index contributed by atoms with van der Waals surface area (Å²) in [4.78, 5) is 16.4. The van der Waals surface area contributed by atoms with E-state index in [2.05, 4.69) is 30.8 Å². The molecule has 1 aromatic rings. The lowest BCUT2D eigenvalue weighted by atomic mass is 10.1. The first-order valence-corrected chi connectivity index (χ1v) is 6.65. The summed E-state index contributed by atoms with van der Waals surface area (Å²) in [6.07, 6.45) is 0. The van der Waals surface area contributed by atoms with Crippen molar-refractivity contribution in [2.24, 2.45) is 5.92 Å². The largest absolute Gasteiger partial charge is 0.305 e. The molecule has 1 saturated heterocycles. The van der Waals surface area contributed by atoms with Crippen LogP contribution >= 0.6 is 0 Å². The van der Waals surface area contributed by atoms with Gasteiger partial charge in [-0.3, -0.25) is 9.69 Å². The SMILES string of the molecule is CC1CN(CC(=O)c2ccccc2F)CC1N(C)C. The highest BCUT2D eigenvalue weighted by atomic mass is 19.1. The van der Waals surface area contributed by atoms with Crippen LogP contribution < -0.4 is 0 Å². The van der Waals surface area contributed by atoms with Crippen LogP contribution in [-0.4, -0.2) is 55.4 Å². The molecule has 0 saturated carbocycles. The van der Waals surface area contributed by atoms with E-state index in [1.165, 1.54) is 6.07 Å². The second kappa shape index (κ2) is 5.80. The molecule has 0 N–H and O–H groups in total. The molecule has 1 aromatic carbocycles. The summed E-state index contributed by atoms with van der Waals surface area (Å²) in [6.45, 7) is 4.26. The average Bonchev–Trinajstić information content (AvgIpc) is 2.70. The second-order valence-electron chi connectivity index (χ2n) is 5.61. The standard InChI is InChI=1S/C15H21FN2O/c1-11-8-18(9-14(11)17(2)3)10-15(19)12-6-4-5-7-13(12)16/h4-7,11,14H,8-10H2,1-3H3. The molecule has 1 aliphatic heterocycles. The van der Waals surface area contributed by atoms with E-state index in [0.29, 0.717) is 18.5 Å². The van der Waals surface area contributed by atoms with Gasteiger partial charge in [0.1, 0.15) is 5.82 Å². The average molecular weight is 264 g/mol. The number of benzene rings is 1. The minimum atomic E-state index is -0.427. The highest BCUT2D eigenvalue weighted by molar-refractivity contribution is 5.97. The molecule has 0 spiro atoms. The maximum absolute atomic E-state index is 13.5. The third kappa shape index (κ3) is 3.19. The Hall–Kier alpha value is -1.26. The van der Waals surface area contributed by atoms with Crippen LogP contribution in [0.1, 0.15) is 17.3 Å². The number of nitrogens with zero attached hydrogens (tertiary/aromatic N) is 2. The normalized spacial score (nSPS) is 24.1. The number of rotatable bonds is 4. The van der Waals surface area contributed by atoms with Gasteiger partial charge in [0.2, 0.25) is 0 Å². The zero-order valence-corrected chi connectivity index (χ0v) is 11.8. The van der Waals surface area contributed by atoms with Gasteiger partial charge in [0.25, 0.3) is 0 Å². The molecule has 2 rings (SSSR count). The number of Topliss-reactive ketones (excluding diaryl/α,β-unsaturated/α-hetero) is 1. The fourth-order valence-corrected chi connectivity index (χ4v) is 2.82. The number of halogens is 1. The third-order valence-corrected chi connectivity index (χ3v) is 3.85. The molecule has 0 radical (unpaired) electrons. The van der Waals surface area contributed by atoms with Crippen LogP contribution in [0.15, 0.2) is 24.3 Å². The maximum atomic E-state index is 13.5. The quantitative estimate of drug-likeness (QED) is 0.776. The zero-order valence-electron chi connectivity index (χ0n) is 11.8. The molecule has 0 amide bonds. The Kier molecular flexibility index (Phi) is 4.32. The van der Waals surface area contributed by atoms with E-state index >= 15 is 0 Å². The van der Waals surface area contributed by atoms with Gasteiger partial charge in [-0.05, 0) is 32.1 Å². The van der Waals surface area contributed by atoms with Gasteiger partial charge in [-0.15, -0.1) is 0 Å². The van der Waals surface area contributed by atoms with Gasteiger partial charge in [-0.25, -0.2) is 4.39 Å². The van der Waals surface area contributed by atoms with Crippen molar-refractivity contribution >= 4 is 5.78 Å². The lowest BCUT2D eigenvalue weighted by molar-refractivity contribution is 0.0937. The van der Waals surface area contributed by atoms with Crippen molar-refractivity contribution in [2.75, 3.05) is 33.7 Å². The number of ketones is 1. The fraction of sp³-hybridized carbons (Fsp3) is 0.533. The highest BCUT2D eigenvalue weighted by Crippen LogP contribution is 2.20. The topological polar surface area (TPSA) is 23.6 Å². The van der Waals surface area contributed by atoms with Crippen molar-refractivity contribution in [3.63, 3.8) is 0 Å². The summed E-state index contributed by atoms with van der Waals surface area (Å²) in [5.41, 5.74) is 0.198. The van der Waals surface area contributed by atoms with E-state index in [1.54, 1.807) is 18.2 Å². The molecule has 104 valence electrons. The number of carbonyl (C=O) groups excluding carboxylic acids is 1. The van der Waals surface area contributed by atoms with Gasteiger partial charge in [-0.1, -0.05) is 19.1 Å². The monoisotopic (exact) mass is 264 g/mol. The van der Waals surface area contributed by atoms with E-state index < -0.39 is 5.82 Å². The Bertz CT molecular complexity index is 461. The summed E-state index contributed by atoms with van der Waals surface area (Å²) >= 11 is 0. The first-order chi connectivity index (χ1) is 8.99. The van der Waals surface area contributed by atoms with Crippen molar-refractivity contribution in [3.05, 3.63) is 35.6 Å². The predicted molar refractivity (Wildman–Crippen MR) is 73.8 cm³/mol. The predicted octanol–water partition coefficient (Wildman–Crippen LogP) is 1.89. The Labute approximate surface area is 114 Å². The van der Waals surface area contributed by atoms with E-state index in [4.69, 9.17) is 0 Å². The summed E-state index contributed by atoms with van der Waals surface area (Å²) in [5.74, 6) is -0.0305. The molecule has 3 nitrogen and oxygen atoms in total. The van der Waals surface area contributed by atoms with E-state index in [0.717, 1.165) is 13.1 Å². The molecule has 2 unspecified atom stereocenters. The molecule has 0 aliphatic carbocycles. The van der Waals surface area contributed by atoms with Crippen LogP contribution in [-0.2, 0) is 0 Å². The molecular weight excluding hydrogens is 243 g/mol. The third-order valence-electron chi connectivity index (χ3n) is 3.85. The first-order valence-electron chi connectivity index (χ1n) is 6.65. The van der Waals surface area contributed by atoms with Crippen molar-refractivity contribution < 1.29 is 9.18 Å². The lowest BCUT2D eigenvalue weighted by Gasteiger charge is -2.22. The molecule has 1 heterocycles. The number of likely N-dealkylation sites (tertiary alicyclic amines) is 1. The molecule has 2 atom stereocenters. The lowest BCUT2D eigenvalue weighted by Crippen LogP contribution is -2.35. The smallest absolute Gasteiger partial charge is 0.179 e. The van der Waals surface area contributed by atoms with Crippen molar-refractivity contribution in [2.45, 2.75) is 13.0 Å². The molecule has 1 aliphatic rings. The van der Waals surface area contributed by atoms with Gasteiger partial charge in [0, 0.05) is 19.1 Å². The zero-order chi connectivity index (χ0) is 14.0. The van der Waals surface area contributed by atoms with E-state index in [-0.39, 0.29) is 11.3 Å². The van der Waals surface area contributed by atoms with Gasteiger partial charge in [-0.2, -0.15) is 0 Å². The fourth-order valence-electron chi connectivity index (χ4n) is 2.82. The summed E-state index contributed by atoms with van der Waals surface area (Å²) in [7, 11) is 4.12. The molecule has 19 heavy (non-hydrogen) atoms. The van der Waals surface area contributed by atoms with Crippen LogP contribution in [0.25, 0.3) is 0 Å². The Morgan fingerprint density at radius 1 is 1.37 bits per heavy atom. The van der Waals surface area contributed by atoms with Crippen LogP contribution in [0.5, 0.6) is 0 Å². The first kappa shape index (κ1) is 14.2. The second-order valence-corrected chi connectivity index (χ2v) is 5.61. The number of hydrogen-bond acceptors (Lipinski definition) is 3. The van der Waals surface area contributed by atoms with Crippen LogP contribution in [0.4, 0.5) is 4.39 Å². The highest BCUT2D eigenvalue weighted by Gasteiger charge is 2.32.